The molecule has 1 fully saturated rings. The van der Waals surface area contributed by atoms with Crippen molar-refractivity contribution in [2.75, 3.05) is 13.1 Å². The third-order valence-corrected chi connectivity index (χ3v) is 3.46. The summed E-state index contributed by atoms with van der Waals surface area (Å²) in [5.41, 5.74) is 7.24. The van der Waals surface area contributed by atoms with E-state index in [4.69, 9.17) is 5.73 Å². The van der Waals surface area contributed by atoms with Crippen LogP contribution in [0, 0.1) is 5.92 Å². The summed E-state index contributed by atoms with van der Waals surface area (Å²) in [6, 6.07) is 3.69. The summed E-state index contributed by atoms with van der Waals surface area (Å²) in [6.45, 7) is 1.68. The Hall–Kier alpha value is -1.14. The molecule has 6 heteroatoms. The van der Waals surface area contributed by atoms with E-state index in [1.807, 2.05) is 17.0 Å². The Labute approximate surface area is 110 Å². The highest BCUT2D eigenvalue weighted by atomic mass is 19.4. The predicted molar refractivity (Wildman–Crippen MR) is 66.2 cm³/mol. The van der Waals surface area contributed by atoms with Gasteiger partial charge >= 0.3 is 6.18 Å². The van der Waals surface area contributed by atoms with Crippen LogP contribution in [0.4, 0.5) is 13.2 Å². The standard InChI is InChI=1S/C13H18F3N3/c14-13(15,16)11-2-1-5-19(9-11)8-10-3-4-18-12(6-10)7-17/h3-4,6,11H,1-2,5,7-9,17H2. The second-order valence-corrected chi connectivity index (χ2v) is 4.98. The van der Waals surface area contributed by atoms with Crippen LogP contribution in [0.5, 0.6) is 0 Å². The maximum Gasteiger partial charge on any atom is 0.393 e. The molecule has 2 rings (SSSR count). The highest BCUT2D eigenvalue weighted by molar-refractivity contribution is 5.16. The fourth-order valence-corrected chi connectivity index (χ4v) is 2.46. The van der Waals surface area contributed by atoms with E-state index in [2.05, 4.69) is 4.98 Å². The Morgan fingerprint density at radius 2 is 2.21 bits per heavy atom. The van der Waals surface area contributed by atoms with Gasteiger partial charge in [0.1, 0.15) is 0 Å². The van der Waals surface area contributed by atoms with Crippen LogP contribution in [-0.2, 0) is 13.1 Å². The van der Waals surface area contributed by atoms with E-state index in [0.717, 1.165) is 11.3 Å². The zero-order valence-corrected chi connectivity index (χ0v) is 10.7. The highest BCUT2D eigenvalue weighted by Crippen LogP contribution is 2.33. The van der Waals surface area contributed by atoms with Gasteiger partial charge in [0.2, 0.25) is 0 Å². The smallest absolute Gasteiger partial charge is 0.325 e. The molecule has 0 spiro atoms. The molecule has 1 aliphatic heterocycles. The molecule has 0 bridgehead atoms. The van der Waals surface area contributed by atoms with Crippen LogP contribution < -0.4 is 5.73 Å². The Bertz CT molecular complexity index is 420. The van der Waals surface area contributed by atoms with Gasteiger partial charge in [0.15, 0.2) is 0 Å². The number of halogens is 3. The third-order valence-electron chi connectivity index (χ3n) is 3.46. The minimum atomic E-state index is -4.08. The van der Waals surface area contributed by atoms with Crippen molar-refractivity contribution in [3.05, 3.63) is 29.6 Å². The van der Waals surface area contributed by atoms with Crippen LogP contribution in [0.25, 0.3) is 0 Å². The summed E-state index contributed by atoms with van der Waals surface area (Å²) < 4.78 is 38.2. The molecule has 1 aromatic rings. The van der Waals surface area contributed by atoms with Crippen molar-refractivity contribution in [3.8, 4) is 0 Å². The molecule has 0 aliphatic carbocycles. The molecular weight excluding hydrogens is 255 g/mol. The van der Waals surface area contributed by atoms with Crippen LogP contribution in [0.3, 0.4) is 0 Å². The highest BCUT2D eigenvalue weighted by Gasteiger charge is 2.41. The van der Waals surface area contributed by atoms with Crippen LogP contribution >= 0.6 is 0 Å². The van der Waals surface area contributed by atoms with Crippen molar-refractivity contribution < 1.29 is 13.2 Å². The zero-order chi connectivity index (χ0) is 13.9. The normalized spacial score (nSPS) is 21.6. The van der Waals surface area contributed by atoms with Crippen molar-refractivity contribution >= 4 is 0 Å². The average Bonchev–Trinajstić information content (AvgIpc) is 2.38. The molecule has 0 aromatic carbocycles. The van der Waals surface area contributed by atoms with E-state index in [9.17, 15) is 13.2 Å². The number of nitrogens with two attached hydrogens (primary N) is 1. The Balaban J connectivity index is 1.98. The van der Waals surface area contributed by atoms with Crippen LogP contribution in [0.2, 0.25) is 0 Å². The number of hydrogen-bond donors (Lipinski definition) is 1. The summed E-state index contributed by atoms with van der Waals surface area (Å²) in [5.74, 6) is -1.20. The first kappa shape index (κ1) is 14.3. The molecular formula is C13H18F3N3. The number of rotatable bonds is 3. The predicted octanol–water partition coefficient (Wildman–Crippen LogP) is 2.31. The number of nitrogens with zero attached hydrogens (tertiary/aromatic N) is 2. The quantitative estimate of drug-likeness (QED) is 0.919. The van der Waals surface area contributed by atoms with E-state index in [0.29, 0.717) is 26.1 Å². The zero-order valence-electron chi connectivity index (χ0n) is 10.7. The van der Waals surface area contributed by atoms with Gasteiger partial charge in [-0.1, -0.05) is 0 Å². The number of alkyl halides is 3. The van der Waals surface area contributed by atoms with Crippen LogP contribution in [0.15, 0.2) is 18.3 Å². The van der Waals surface area contributed by atoms with Gasteiger partial charge in [-0.15, -0.1) is 0 Å². The first-order valence-electron chi connectivity index (χ1n) is 6.42. The monoisotopic (exact) mass is 273 g/mol. The molecule has 1 aromatic heterocycles. The molecule has 106 valence electrons. The summed E-state index contributed by atoms with van der Waals surface area (Å²) in [7, 11) is 0. The number of aromatic nitrogens is 1. The van der Waals surface area contributed by atoms with Gasteiger partial charge in [-0.2, -0.15) is 13.2 Å². The second-order valence-electron chi connectivity index (χ2n) is 4.98. The van der Waals surface area contributed by atoms with E-state index in [-0.39, 0.29) is 13.0 Å². The molecule has 1 unspecified atom stereocenters. The van der Waals surface area contributed by atoms with Crippen molar-refractivity contribution in [2.45, 2.75) is 32.1 Å². The number of likely N-dealkylation sites (tertiary alicyclic amines) is 1. The van der Waals surface area contributed by atoms with Gasteiger partial charge in [0.05, 0.1) is 11.6 Å². The fraction of sp³-hybridized carbons (Fsp3) is 0.615. The lowest BCUT2D eigenvalue weighted by atomic mass is 9.97. The Morgan fingerprint density at radius 1 is 1.42 bits per heavy atom. The summed E-state index contributed by atoms with van der Waals surface area (Å²) in [5, 5.41) is 0. The van der Waals surface area contributed by atoms with Gasteiger partial charge in [0, 0.05) is 25.8 Å². The molecule has 2 heterocycles. The molecule has 19 heavy (non-hydrogen) atoms. The summed E-state index contributed by atoms with van der Waals surface area (Å²) in [4.78, 5) is 5.94. The van der Waals surface area contributed by atoms with Gasteiger partial charge in [-0.25, -0.2) is 0 Å². The van der Waals surface area contributed by atoms with Gasteiger partial charge in [-0.3, -0.25) is 9.88 Å². The summed E-state index contributed by atoms with van der Waals surface area (Å²) >= 11 is 0. The molecule has 1 saturated heterocycles. The Morgan fingerprint density at radius 3 is 2.89 bits per heavy atom. The largest absolute Gasteiger partial charge is 0.393 e. The minimum Gasteiger partial charge on any atom is -0.325 e. The average molecular weight is 273 g/mol. The maximum absolute atomic E-state index is 12.7. The number of pyridine rings is 1. The second kappa shape index (κ2) is 5.88. The van der Waals surface area contributed by atoms with Gasteiger partial charge in [-0.05, 0) is 37.1 Å². The number of hydrogen-bond acceptors (Lipinski definition) is 3. The van der Waals surface area contributed by atoms with Crippen molar-refractivity contribution in [1.29, 1.82) is 0 Å². The first-order valence-corrected chi connectivity index (χ1v) is 6.42. The lowest BCUT2D eigenvalue weighted by Gasteiger charge is -2.33. The van der Waals surface area contributed by atoms with Crippen LogP contribution in [-0.4, -0.2) is 29.1 Å². The van der Waals surface area contributed by atoms with E-state index < -0.39 is 12.1 Å². The topological polar surface area (TPSA) is 42.1 Å². The van der Waals surface area contributed by atoms with Crippen molar-refractivity contribution in [3.63, 3.8) is 0 Å². The third kappa shape index (κ3) is 3.91. The molecule has 3 nitrogen and oxygen atoms in total. The van der Waals surface area contributed by atoms with Crippen LogP contribution in [0.1, 0.15) is 24.1 Å². The van der Waals surface area contributed by atoms with Gasteiger partial charge < -0.3 is 5.73 Å². The van der Waals surface area contributed by atoms with E-state index in [1.165, 1.54) is 0 Å². The minimum absolute atomic E-state index is 0.0871. The fourth-order valence-electron chi connectivity index (χ4n) is 2.46. The molecule has 0 saturated carbocycles. The van der Waals surface area contributed by atoms with Crippen molar-refractivity contribution in [2.24, 2.45) is 11.7 Å². The SMILES string of the molecule is NCc1cc(CN2CCCC(C(F)(F)F)C2)ccn1. The molecule has 1 aliphatic rings. The van der Waals surface area contributed by atoms with Gasteiger partial charge in [0.25, 0.3) is 0 Å². The lowest BCUT2D eigenvalue weighted by Crippen LogP contribution is -2.41. The van der Waals surface area contributed by atoms with Crippen molar-refractivity contribution in [1.82, 2.24) is 9.88 Å². The van der Waals surface area contributed by atoms with E-state index in [1.54, 1.807) is 6.20 Å². The van der Waals surface area contributed by atoms with E-state index >= 15 is 0 Å². The molecule has 0 amide bonds. The number of piperidine rings is 1. The molecule has 2 N–H and O–H groups in total. The lowest BCUT2D eigenvalue weighted by molar-refractivity contribution is -0.187. The maximum atomic E-state index is 12.7. The summed E-state index contributed by atoms with van der Waals surface area (Å²) in [6.07, 6.45) is -1.59. The molecule has 1 atom stereocenters. The first-order chi connectivity index (χ1) is 8.99. The molecule has 0 radical (unpaired) electrons. The Kier molecular flexibility index (Phi) is 4.42.